The zero-order valence-corrected chi connectivity index (χ0v) is 18.2. The van der Waals surface area contributed by atoms with E-state index in [1.54, 1.807) is 19.1 Å². The average molecular weight is 482 g/mol. The molecule has 4 rings (SSSR count). The third-order valence-electron chi connectivity index (χ3n) is 5.06. The van der Waals surface area contributed by atoms with Crippen LogP contribution in [0.3, 0.4) is 0 Å². The highest BCUT2D eigenvalue weighted by atomic mass is 19.4. The molecule has 0 aliphatic heterocycles. The van der Waals surface area contributed by atoms with Crippen molar-refractivity contribution in [1.29, 1.82) is 0 Å². The smallest absolute Gasteiger partial charge is 0.416 e. The van der Waals surface area contributed by atoms with E-state index in [0.717, 1.165) is 12.1 Å². The summed E-state index contributed by atoms with van der Waals surface area (Å²) >= 11 is 0. The molecule has 3 aromatic carbocycles. The maximum Gasteiger partial charge on any atom is 0.416 e. The first-order valence-electron chi connectivity index (χ1n) is 10.3. The molecule has 2 N–H and O–H groups in total. The number of nitrogens with zero attached hydrogens (tertiary/aromatic N) is 3. The van der Waals surface area contributed by atoms with Crippen LogP contribution in [0.15, 0.2) is 78.0 Å². The predicted molar refractivity (Wildman–Crippen MR) is 123 cm³/mol. The third-order valence-corrected chi connectivity index (χ3v) is 5.06. The molecule has 0 spiro atoms. The number of halogens is 4. The van der Waals surface area contributed by atoms with E-state index in [1.807, 2.05) is 0 Å². The monoisotopic (exact) mass is 482 g/mol. The second-order valence-electron chi connectivity index (χ2n) is 7.66. The first kappa shape index (κ1) is 23.7. The first-order valence-corrected chi connectivity index (χ1v) is 10.3. The van der Waals surface area contributed by atoms with Crippen molar-refractivity contribution in [3.05, 3.63) is 101 Å². The van der Waals surface area contributed by atoms with Gasteiger partial charge in [0.25, 0.3) is 0 Å². The van der Waals surface area contributed by atoms with Gasteiger partial charge in [-0.25, -0.2) is 13.9 Å². The molecule has 178 valence electrons. The van der Waals surface area contributed by atoms with Crippen molar-refractivity contribution >= 4 is 17.9 Å². The lowest BCUT2D eigenvalue weighted by atomic mass is 10.0. The van der Waals surface area contributed by atoms with Crippen LogP contribution in [0.5, 0.6) is 0 Å². The molecule has 6 nitrogen and oxygen atoms in total. The number of carboxylic acid groups (broad SMARTS) is 1. The van der Waals surface area contributed by atoms with Gasteiger partial charge in [0, 0.05) is 17.3 Å². The molecule has 1 aromatic heterocycles. The fourth-order valence-corrected chi connectivity index (χ4v) is 3.40. The summed E-state index contributed by atoms with van der Waals surface area (Å²) in [6, 6.07) is 15.3. The molecule has 0 aliphatic rings. The molecule has 0 unspecified atom stereocenters. The number of hydrazone groups is 1. The summed E-state index contributed by atoms with van der Waals surface area (Å²) in [5.41, 5.74) is 3.60. The summed E-state index contributed by atoms with van der Waals surface area (Å²) in [5, 5.41) is 17.6. The topological polar surface area (TPSA) is 79.5 Å². The number of aromatic carboxylic acids is 1. The average Bonchev–Trinajstić information content (AvgIpc) is 3.23. The van der Waals surface area contributed by atoms with E-state index in [9.17, 15) is 22.4 Å². The standard InChI is InChI=1S/C25H18F4N4O2/c1-15-10-17(12-19(11-15)25(27,28)29)23-18(13-30-31-22-5-3-2-4-21(22)26)14-33(32-23)20-8-6-16(7-9-20)24(34)35/h2-14,31H,1H3,(H,34,35)/b30-13+. The number of alkyl halides is 3. The van der Waals surface area contributed by atoms with Crippen molar-refractivity contribution in [2.45, 2.75) is 13.1 Å². The fraction of sp³-hybridized carbons (Fsp3) is 0.0800. The van der Waals surface area contributed by atoms with Gasteiger partial charge >= 0.3 is 12.1 Å². The number of hydrogen-bond donors (Lipinski definition) is 2. The van der Waals surface area contributed by atoms with Crippen molar-refractivity contribution in [1.82, 2.24) is 9.78 Å². The van der Waals surface area contributed by atoms with Gasteiger partial charge in [0.15, 0.2) is 0 Å². The van der Waals surface area contributed by atoms with Gasteiger partial charge in [0.2, 0.25) is 0 Å². The summed E-state index contributed by atoms with van der Waals surface area (Å²) in [4.78, 5) is 11.1. The fourth-order valence-electron chi connectivity index (χ4n) is 3.40. The van der Waals surface area contributed by atoms with Crippen LogP contribution in [0.1, 0.15) is 27.0 Å². The number of aromatic nitrogens is 2. The molecule has 0 radical (unpaired) electrons. The lowest BCUT2D eigenvalue weighted by molar-refractivity contribution is -0.137. The number of nitrogens with one attached hydrogen (secondary N) is 1. The van der Waals surface area contributed by atoms with Crippen molar-refractivity contribution in [3.63, 3.8) is 0 Å². The molecule has 0 atom stereocenters. The quantitative estimate of drug-likeness (QED) is 0.196. The van der Waals surface area contributed by atoms with Crippen LogP contribution in [0.4, 0.5) is 23.2 Å². The van der Waals surface area contributed by atoms with Crippen LogP contribution >= 0.6 is 0 Å². The van der Waals surface area contributed by atoms with Crippen LogP contribution in [-0.4, -0.2) is 27.1 Å². The molecular formula is C25H18F4N4O2. The van der Waals surface area contributed by atoms with Gasteiger partial charge in [0.1, 0.15) is 11.5 Å². The Labute approximate surface area is 197 Å². The van der Waals surface area contributed by atoms with Gasteiger partial charge in [0.05, 0.1) is 28.7 Å². The normalized spacial score (nSPS) is 11.7. The molecule has 0 saturated carbocycles. The Hall–Kier alpha value is -4.47. The minimum absolute atomic E-state index is 0.0745. The molecule has 1 heterocycles. The van der Waals surface area contributed by atoms with Gasteiger partial charge in [-0.15, -0.1) is 0 Å². The van der Waals surface area contributed by atoms with Crippen LogP contribution < -0.4 is 5.43 Å². The summed E-state index contributed by atoms with van der Waals surface area (Å²) in [6.07, 6.45) is -1.68. The Balaban J connectivity index is 1.78. The summed E-state index contributed by atoms with van der Waals surface area (Å²) < 4.78 is 55.5. The molecule has 35 heavy (non-hydrogen) atoms. The second-order valence-corrected chi connectivity index (χ2v) is 7.66. The van der Waals surface area contributed by atoms with Gasteiger partial charge in [-0.2, -0.15) is 23.4 Å². The van der Waals surface area contributed by atoms with E-state index in [2.05, 4.69) is 15.6 Å². The minimum Gasteiger partial charge on any atom is -0.478 e. The van der Waals surface area contributed by atoms with Gasteiger partial charge in [-0.1, -0.05) is 12.1 Å². The molecule has 0 aliphatic carbocycles. The number of hydrogen-bond acceptors (Lipinski definition) is 4. The van der Waals surface area contributed by atoms with Crippen LogP contribution in [0.25, 0.3) is 16.9 Å². The molecule has 0 bridgehead atoms. The summed E-state index contributed by atoms with van der Waals surface area (Å²) in [5.74, 6) is -1.61. The van der Waals surface area contributed by atoms with Gasteiger partial charge in [-0.3, -0.25) is 5.43 Å². The second kappa shape index (κ2) is 9.41. The van der Waals surface area contributed by atoms with Crippen molar-refractivity contribution in [3.8, 4) is 16.9 Å². The highest BCUT2D eigenvalue weighted by Crippen LogP contribution is 2.34. The van der Waals surface area contributed by atoms with Crippen LogP contribution in [0, 0.1) is 12.7 Å². The van der Waals surface area contributed by atoms with E-state index in [4.69, 9.17) is 5.11 Å². The number of aryl methyl sites for hydroxylation is 1. The number of carbonyl (C=O) groups is 1. The lowest BCUT2D eigenvalue weighted by Crippen LogP contribution is -2.05. The number of para-hydroxylation sites is 1. The number of carboxylic acids is 1. The third kappa shape index (κ3) is 5.37. The Morgan fingerprint density at radius 1 is 1.09 bits per heavy atom. The number of benzene rings is 3. The highest BCUT2D eigenvalue weighted by Gasteiger charge is 2.31. The van der Waals surface area contributed by atoms with Gasteiger partial charge < -0.3 is 5.11 Å². The molecular weight excluding hydrogens is 464 g/mol. The maximum absolute atomic E-state index is 13.9. The largest absolute Gasteiger partial charge is 0.478 e. The minimum atomic E-state index is -4.54. The molecule has 0 fully saturated rings. The van der Waals surface area contributed by atoms with Crippen LogP contribution in [-0.2, 0) is 6.18 Å². The summed E-state index contributed by atoms with van der Waals surface area (Å²) in [6.45, 7) is 1.55. The number of anilines is 1. The molecule has 0 saturated heterocycles. The van der Waals surface area contributed by atoms with E-state index in [1.165, 1.54) is 59.6 Å². The Bertz CT molecular complexity index is 1410. The van der Waals surface area contributed by atoms with E-state index in [-0.39, 0.29) is 22.5 Å². The van der Waals surface area contributed by atoms with E-state index in [0.29, 0.717) is 16.8 Å². The predicted octanol–water partition coefficient (Wildman–Crippen LogP) is 6.15. The van der Waals surface area contributed by atoms with Crippen molar-refractivity contribution in [2.75, 3.05) is 5.43 Å². The first-order chi connectivity index (χ1) is 16.6. The molecule has 0 amide bonds. The summed E-state index contributed by atoms with van der Waals surface area (Å²) in [7, 11) is 0. The molecule has 4 aromatic rings. The Morgan fingerprint density at radius 2 is 1.80 bits per heavy atom. The highest BCUT2D eigenvalue weighted by molar-refractivity contribution is 5.90. The van der Waals surface area contributed by atoms with Gasteiger partial charge in [-0.05, 0) is 67.1 Å². The SMILES string of the molecule is Cc1cc(-c2nn(-c3ccc(C(=O)O)cc3)cc2/C=N/Nc2ccccc2F)cc(C(F)(F)F)c1. The zero-order valence-electron chi connectivity index (χ0n) is 18.2. The van der Waals surface area contributed by atoms with Crippen molar-refractivity contribution < 1.29 is 27.5 Å². The number of rotatable bonds is 6. The maximum atomic E-state index is 13.9. The van der Waals surface area contributed by atoms with Crippen molar-refractivity contribution in [2.24, 2.45) is 5.10 Å². The Kier molecular flexibility index (Phi) is 6.37. The van der Waals surface area contributed by atoms with E-state index < -0.39 is 23.5 Å². The zero-order chi connectivity index (χ0) is 25.2. The van der Waals surface area contributed by atoms with E-state index >= 15 is 0 Å². The molecule has 10 heteroatoms. The lowest BCUT2D eigenvalue weighted by Gasteiger charge is -2.10. The Morgan fingerprint density at radius 3 is 2.46 bits per heavy atom. The van der Waals surface area contributed by atoms with Crippen LogP contribution in [0.2, 0.25) is 0 Å².